The minimum atomic E-state index is 0.356. The molecule has 0 spiro atoms. The molecule has 0 radical (unpaired) electrons. The van der Waals surface area contributed by atoms with Gasteiger partial charge in [0.25, 0.3) is 0 Å². The van der Waals surface area contributed by atoms with Crippen LogP contribution in [-0.4, -0.2) is 12.6 Å². The van der Waals surface area contributed by atoms with Crippen LogP contribution in [-0.2, 0) is 6.42 Å². The summed E-state index contributed by atoms with van der Waals surface area (Å²) >= 11 is 12.0. The van der Waals surface area contributed by atoms with Crippen LogP contribution in [0, 0.1) is 12.3 Å². The summed E-state index contributed by atoms with van der Waals surface area (Å²) in [6.45, 7) is 2.71. The van der Waals surface area contributed by atoms with Crippen LogP contribution in [0.25, 0.3) is 0 Å². The van der Waals surface area contributed by atoms with Gasteiger partial charge in [-0.25, -0.2) is 0 Å². The van der Waals surface area contributed by atoms with Crippen molar-refractivity contribution in [3.63, 3.8) is 0 Å². The van der Waals surface area contributed by atoms with Crippen LogP contribution in [0.3, 0.4) is 0 Å². The van der Waals surface area contributed by atoms with Gasteiger partial charge in [-0.2, -0.15) is 0 Å². The molecule has 0 saturated heterocycles. The van der Waals surface area contributed by atoms with Gasteiger partial charge in [-0.05, 0) is 30.5 Å². The van der Waals surface area contributed by atoms with Crippen molar-refractivity contribution in [2.24, 2.45) is 0 Å². The van der Waals surface area contributed by atoms with Gasteiger partial charge < -0.3 is 5.32 Å². The molecular weight excluding hydrogens is 241 g/mol. The van der Waals surface area contributed by atoms with E-state index in [1.165, 1.54) is 0 Å². The third-order valence-corrected chi connectivity index (χ3v) is 3.05. The second kappa shape index (κ2) is 6.81. The molecule has 0 amide bonds. The Balaban J connectivity index is 2.67. The minimum absolute atomic E-state index is 0.356. The number of benzene rings is 1. The first kappa shape index (κ1) is 13.4. The number of hydrogen-bond donors (Lipinski definition) is 1. The fraction of sp³-hybridized carbons (Fsp3) is 0.385. The number of halogens is 2. The lowest BCUT2D eigenvalue weighted by Crippen LogP contribution is -2.30. The van der Waals surface area contributed by atoms with Gasteiger partial charge in [0.05, 0.1) is 6.54 Å². The lowest BCUT2D eigenvalue weighted by Gasteiger charge is -2.16. The molecular formula is C13H15Cl2N. The van der Waals surface area contributed by atoms with Crippen LogP contribution >= 0.6 is 23.2 Å². The summed E-state index contributed by atoms with van der Waals surface area (Å²) in [6.07, 6.45) is 7.10. The summed E-state index contributed by atoms with van der Waals surface area (Å²) in [5.74, 6) is 2.58. The van der Waals surface area contributed by atoms with E-state index in [0.717, 1.165) is 18.4 Å². The maximum Gasteiger partial charge on any atom is 0.0576 e. The van der Waals surface area contributed by atoms with Crippen molar-refractivity contribution in [2.75, 3.05) is 6.54 Å². The van der Waals surface area contributed by atoms with Crippen LogP contribution in [0.4, 0.5) is 0 Å². The Morgan fingerprint density at radius 2 is 2.19 bits per heavy atom. The molecule has 3 heteroatoms. The third-order valence-electron chi connectivity index (χ3n) is 2.47. The molecule has 0 fully saturated rings. The van der Waals surface area contributed by atoms with Crippen LogP contribution < -0.4 is 5.32 Å². The second-order valence-electron chi connectivity index (χ2n) is 3.63. The van der Waals surface area contributed by atoms with Gasteiger partial charge in [-0.1, -0.05) is 42.1 Å². The summed E-state index contributed by atoms with van der Waals surface area (Å²) in [4.78, 5) is 0. The van der Waals surface area contributed by atoms with E-state index in [2.05, 4.69) is 18.2 Å². The van der Waals surface area contributed by atoms with E-state index >= 15 is 0 Å². The predicted octanol–water partition coefficient (Wildman–Crippen LogP) is 3.54. The maximum absolute atomic E-state index is 6.11. The first-order chi connectivity index (χ1) is 7.67. The zero-order chi connectivity index (χ0) is 12.0. The predicted molar refractivity (Wildman–Crippen MR) is 71.1 cm³/mol. The Morgan fingerprint density at radius 1 is 1.44 bits per heavy atom. The molecule has 1 rings (SSSR count). The first-order valence-corrected chi connectivity index (χ1v) is 6.03. The molecule has 1 nitrogen and oxygen atoms in total. The van der Waals surface area contributed by atoms with E-state index in [1.807, 2.05) is 12.1 Å². The largest absolute Gasteiger partial charge is 0.303 e. The van der Waals surface area contributed by atoms with Crippen LogP contribution in [0.15, 0.2) is 18.2 Å². The molecule has 86 valence electrons. The lowest BCUT2D eigenvalue weighted by molar-refractivity contribution is 0.525. The molecule has 0 bridgehead atoms. The molecule has 0 aliphatic heterocycles. The van der Waals surface area contributed by atoms with Crippen molar-refractivity contribution in [1.82, 2.24) is 5.32 Å². The van der Waals surface area contributed by atoms with Crippen molar-refractivity contribution >= 4 is 23.2 Å². The van der Waals surface area contributed by atoms with E-state index < -0.39 is 0 Å². The van der Waals surface area contributed by atoms with E-state index in [1.54, 1.807) is 6.07 Å². The fourth-order valence-electron chi connectivity index (χ4n) is 1.52. The van der Waals surface area contributed by atoms with Gasteiger partial charge in [0.15, 0.2) is 0 Å². The molecule has 0 aliphatic rings. The van der Waals surface area contributed by atoms with E-state index in [0.29, 0.717) is 22.6 Å². The molecule has 1 N–H and O–H groups in total. The highest BCUT2D eigenvalue weighted by Crippen LogP contribution is 2.22. The Bertz CT molecular complexity index is 382. The summed E-state index contributed by atoms with van der Waals surface area (Å²) in [5, 5.41) is 4.66. The fourth-order valence-corrected chi connectivity index (χ4v) is 2.00. The molecule has 0 saturated carbocycles. The average molecular weight is 256 g/mol. The van der Waals surface area contributed by atoms with Gasteiger partial charge in [0, 0.05) is 16.1 Å². The summed E-state index contributed by atoms with van der Waals surface area (Å²) in [5.41, 5.74) is 1.10. The average Bonchev–Trinajstić information content (AvgIpc) is 2.27. The lowest BCUT2D eigenvalue weighted by atomic mass is 10.0. The highest BCUT2D eigenvalue weighted by Gasteiger charge is 2.09. The van der Waals surface area contributed by atoms with Crippen molar-refractivity contribution in [2.45, 2.75) is 25.8 Å². The summed E-state index contributed by atoms with van der Waals surface area (Å²) < 4.78 is 0. The van der Waals surface area contributed by atoms with Gasteiger partial charge in [0.2, 0.25) is 0 Å². The van der Waals surface area contributed by atoms with E-state index in [9.17, 15) is 0 Å². The van der Waals surface area contributed by atoms with Crippen molar-refractivity contribution in [1.29, 1.82) is 0 Å². The standard InChI is InChI=1S/C13H15Cl2N/c1-3-7-16-12(4-2)8-10-5-6-11(14)9-13(10)15/h1,5-6,9,12,16H,4,7-8H2,2H3. The van der Waals surface area contributed by atoms with Crippen LogP contribution in [0.5, 0.6) is 0 Å². The van der Waals surface area contributed by atoms with Crippen molar-refractivity contribution < 1.29 is 0 Å². The minimum Gasteiger partial charge on any atom is -0.303 e. The normalized spacial score (nSPS) is 12.1. The number of nitrogens with one attached hydrogen (secondary N) is 1. The van der Waals surface area contributed by atoms with Crippen LogP contribution in [0.2, 0.25) is 10.0 Å². The third kappa shape index (κ3) is 4.06. The first-order valence-electron chi connectivity index (χ1n) is 5.28. The van der Waals surface area contributed by atoms with Gasteiger partial charge >= 0.3 is 0 Å². The van der Waals surface area contributed by atoms with E-state index in [4.69, 9.17) is 29.6 Å². The molecule has 0 heterocycles. The molecule has 1 atom stereocenters. The quantitative estimate of drug-likeness (QED) is 0.794. The molecule has 0 aliphatic carbocycles. The second-order valence-corrected chi connectivity index (χ2v) is 4.47. The van der Waals surface area contributed by atoms with Gasteiger partial charge in [-0.3, -0.25) is 0 Å². The Morgan fingerprint density at radius 3 is 2.75 bits per heavy atom. The van der Waals surface area contributed by atoms with E-state index in [-0.39, 0.29) is 0 Å². The highest BCUT2D eigenvalue weighted by molar-refractivity contribution is 6.35. The Labute approximate surface area is 107 Å². The molecule has 1 aromatic rings. The van der Waals surface area contributed by atoms with Gasteiger partial charge in [-0.15, -0.1) is 6.42 Å². The topological polar surface area (TPSA) is 12.0 Å². The number of rotatable bonds is 5. The van der Waals surface area contributed by atoms with Gasteiger partial charge in [0.1, 0.15) is 0 Å². The van der Waals surface area contributed by atoms with Crippen molar-refractivity contribution in [3.8, 4) is 12.3 Å². The zero-order valence-electron chi connectivity index (χ0n) is 9.26. The number of hydrogen-bond acceptors (Lipinski definition) is 1. The Hall–Kier alpha value is -0.680. The monoisotopic (exact) mass is 255 g/mol. The summed E-state index contributed by atoms with van der Waals surface area (Å²) in [6, 6.07) is 5.95. The maximum atomic E-state index is 6.11. The molecule has 1 aromatic carbocycles. The Kier molecular flexibility index (Phi) is 5.69. The smallest absolute Gasteiger partial charge is 0.0576 e. The summed E-state index contributed by atoms with van der Waals surface area (Å²) in [7, 11) is 0. The molecule has 0 aromatic heterocycles. The van der Waals surface area contributed by atoms with Crippen LogP contribution in [0.1, 0.15) is 18.9 Å². The molecule has 1 unspecified atom stereocenters. The zero-order valence-corrected chi connectivity index (χ0v) is 10.8. The molecule has 16 heavy (non-hydrogen) atoms. The highest BCUT2D eigenvalue weighted by atomic mass is 35.5. The SMILES string of the molecule is C#CCNC(CC)Cc1ccc(Cl)cc1Cl. The number of terminal acetylenes is 1. The van der Waals surface area contributed by atoms with Crippen molar-refractivity contribution in [3.05, 3.63) is 33.8 Å².